The molecule has 1 saturated carbocycles. The Hall–Kier alpha value is -2.99. The molecule has 0 spiro atoms. The van der Waals surface area contributed by atoms with Crippen molar-refractivity contribution in [1.29, 1.82) is 0 Å². The van der Waals surface area contributed by atoms with E-state index in [2.05, 4.69) is 5.32 Å². The molecule has 1 aliphatic rings. The summed E-state index contributed by atoms with van der Waals surface area (Å²) in [6.45, 7) is 0.365. The molecule has 2 amide bonds. The zero-order valence-corrected chi connectivity index (χ0v) is 27.2. The van der Waals surface area contributed by atoms with Crippen molar-refractivity contribution >= 4 is 62.3 Å². The number of carbonyl (C=O) groups excluding carboxylic acids is 2. The molecule has 0 bridgehead atoms. The van der Waals surface area contributed by atoms with Gasteiger partial charge in [0, 0.05) is 22.6 Å². The number of alkyl halides is 3. The van der Waals surface area contributed by atoms with E-state index in [-0.39, 0.29) is 22.5 Å². The van der Waals surface area contributed by atoms with Crippen LogP contribution in [-0.4, -0.2) is 43.8 Å². The highest BCUT2D eigenvalue weighted by atomic mass is 35.5. The number of rotatable bonds is 10. The number of halogens is 6. The molecule has 0 heterocycles. The third-order valence-corrected chi connectivity index (χ3v) is 10.3. The number of sulfonamides is 1. The molecule has 1 fully saturated rings. The topological polar surface area (TPSA) is 86.8 Å². The Labute approximate surface area is 275 Å². The number of hydrogen-bond donors (Lipinski definition) is 1. The van der Waals surface area contributed by atoms with Crippen molar-refractivity contribution in [3.05, 3.63) is 92.9 Å². The minimum Gasteiger partial charge on any atom is -0.352 e. The third kappa shape index (κ3) is 8.64. The molecule has 0 aliphatic heterocycles. The van der Waals surface area contributed by atoms with Crippen LogP contribution in [0.5, 0.6) is 0 Å². The molecule has 0 unspecified atom stereocenters. The first-order valence-electron chi connectivity index (χ1n) is 14.2. The summed E-state index contributed by atoms with van der Waals surface area (Å²) in [7, 11) is -4.58. The summed E-state index contributed by atoms with van der Waals surface area (Å²) in [6, 6.07) is 13.0. The standard InChI is InChI=1S/C31H31Cl3F3N3O4S/c1-20(30(42)38-23-8-4-2-5-9-23)39(18-21-12-13-22(32)16-28(21)34)29(41)19-40(45(43,44)25-10-6-3-7-11-25)24-14-15-27(33)26(17-24)31(35,36)37/h3,6-7,10-17,20,23H,2,4-5,8-9,18-19H2,1H3,(H,38,42)/t20-/m1/s1. The highest BCUT2D eigenvalue weighted by Crippen LogP contribution is 2.38. The minimum atomic E-state index is -4.90. The van der Waals surface area contributed by atoms with Crippen LogP contribution >= 0.6 is 34.8 Å². The molecule has 0 saturated heterocycles. The average molecular weight is 705 g/mol. The number of anilines is 1. The van der Waals surface area contributed by atoms with Gasteiger partial charge in [-0.05, 0) is 67.8 Å². The van der Waals surface area contributed by atoms with Crippen molar-refractivity contribution in [2.45, 2.75) is 68.7 Å². The number of carbonyl (C=O) groups is 2. The van der Waals surface area contributed by atoms with Crippen molar-refractivity contribution in [1.82, 2.24) is 10.2 Å². The Kier molecular flexibility index (Phi) is 11.3. The number of benzene rings is 3. The molecular weight excluding hydrogens is 674 g/mol. The lowest BCUT2D eigenvalue weighted by Gasteiger charge is -2.33. The number of amides is 2. The SMILES string of the molecule is C[C@H](C(=O)NC1CCCCC1)N(Cc1ccc(Cl)cc1Cl)C(=O)CN(c1ccc(Cl)c(C(F)(F)F)c1)S(=O)(=O)c1ccccc1. The first-order valence-corrected chi connectivity index (χ1v) is 16.7. The fourth-order valence-electron chi connectivity index (χ4n) is 5.12. The van der Waals surface area contributed by atoms with Gasteiger partial charge in [-0.2, -0.15) is 13.2 Å². The second-order valence-electron chi connectivity index (χ2n) is 10.8. The van der Waals surface area contributed by atoms with Crippen molar-refractivity contribution in [3.8, 4) is 0 Å². The normalized spacial score (nSPS) is 14.9. The fourth-order valence-corrected chi connectivity index (χ4v) is 7.24. The average Bonchev–Trinajstić information content (AvgIpc) is 2.99. The van der Waals surface area contributed by atoms with Gasteiger partial charge < -0.3 is 10.2 Å². The third-order valence-electron chi connectivity index (χ3n) is 7.63. The van der Waals surface area contributed by atoms with Crippen LogP contribution in [0, 0.1) is 0 Å². The molecule has 242 valence electrons. The van der Waals surface area contributed by atoms with Gasteiger partial charge in [-0.25, -0.2) is 8.42 Å². The predicted molar refractivity (Wildman–Crippen MR) is 169 cm³/mol. The van der Waals surface area contributed by atoms with Crippen molar-refractivity contribution in [3.63, 3.8) is 0 Å². The quantitative estimate of drug-likeness (QED) is 0.234. The lowest BCUT2D eigenvalue weighted by atomic mass is 9.95. The van der Waals surface area contributed by atoms with E-state index in [0.717, 1.165) is 49.1 Å². The van der Waals surface area contributed by atoms with E-state index in [1.54, 1.807) is 18.2 Å². The first-order chi connectivity index (χ1) is 21.2. The highest BCUT2D eigenvalue weighted by Gasteiger charge is 2.37. The Balaban J connectivity index is 1.75. The maximum Gasteiger partial charge on any atom is 0.417 e. The Morgan fingerprint density at radius 3 is 2.22 bits per heavy atom. The summed E-state index contributed by atoms with van der Waals surface area (Å²) in [5.41, 5.74) is -1.28. The van der Waals surface area contributed by atoms with Gasteiger partial charge >= 0.3 is 6.18 Å². The van der Waals surface area contributed by atoms with Crippen molar-refractivity contribution in [2.75, 3.05) is 10.8 Å². The summed E-state index contributed by atoms with van der Waals surface area (Å²) >= 11 is 18.3. The smallest absolute Gasteiger partial charge is 0.352 e. The first kappa shape index (κ1) is 34.9. The maximum absolute atomic E-state index is 14.1. The Morgan fingerprint density at radius 1 is 0.933 bits per heavy atom. The Morgan fingerprint density at radius 2 is 1.60 bits per heavy atom. The molecule has 3 aromatic rings. The highest BCUT2D eigenvalue weighted by molar-refractivity contribution is 7.92. The molecule has 3 aromatic carbocycles. The van der Waals surface area contributed by atoms with Crippen LogP contribution in [0.25, 0.3) is 0 Å². The van der Waals surface area contributed by atoms with Gasteiger partial charge in [0.15, 0.2) is 0 Å². The molecule has 14 heteroatoms. The Bertz CT molecular complexity index is 1640. The van der Waals surface area contributed by atoms with Crippen LogP contribution in [-0.2, 0) is 32.3 Å². The van der Waals surface area contributed by atoms with Gasteiger partial charge in [-0.3, -0.25) is 13.9 Å². The minimum absolute atomic E-state index is 0.0745. The van der Waals surface area contributed by atoms with Gasteiger partial charge in [-0.1, -0.05) is 78.3 Å². The molecular formula is C31H31Cl3F3N3O4S. The second kappa shape index (κ2) is 14.6. The maximum atomic E-state index is 14.1. The second-order valence-corrected chi connectivity index (χ2v) is 13.9. The van der Waals surface area contributed by atoms with Gasteiger partial charge in [0.05, 0.1) is 21.2 Å². The summed E-state index contributed by atoms with van der Waals surface area (Å²) in [5.74, 6) is -1.31. The molecule has 0 aromatic heterocycles. The predicted octanol–water partition coefficient (Wildman–Crippen LogP) is 7.73. The van der Waals surface area contributed by atoms with Gasteiger partial charge in [0.25, 0.3) is 10.0 Å². The van der Waals surface area contributed by atoms with E-state index >= 15 is 0 Å². The molecule has 7 nitrogen and oxygen atoms in total. The van der Waals surface area contributed by atoms with E-state index in [4.69, 9.17) is 34.8 Å². The molecule has 1 atom stereocenters. The van der Waals surface area contributed by atoms with E-state index in [1.807, 2.05) is 0 Å². The zero-order valence-electron chi connectivity index (χ0n) is 24.2. The van der Waals surface area contributed by atoms with Crippen LogP contribution in [0.1, 0.15) is 50.2 Å². The number of nitrogens with zero attached hydrogens (tertiary/aromatic N) is 2. The monoisotopic (exact) mass is 703 g/mol. The zero-order chi connectivity index (χ0) is 32.9. The van der Waals surface area contributed by atoms with Crippen molar-refractivity contribution < 1.29 is 31.2 Å². The van der Waals surface area contributed by atoms with Crippen LogP contribution in [0.3, 0.4) is 0 Å². The van der Waals surface area contributed by atoms with E-state index < -0.39 is 56.9 Å². The molecule has 1 aliphatic carbocycles. The van der Waals surface area contributed by atoms with Gasteiger partial charge in [0.2, 0.25) is 11.8 Å². The summed E-state index contributed by atoms with van der Waals surface area (Å²) in [5, 5.41) is 2.89. The van der Waals surface area contributed by atoms with Crippen LogP contribution in [0.15, 0.2) is 71.6 Å². The summed E-state index contributed by atoms with van der Waals surface area (Å²) < 4.78 is 69.8. The van der Waals surface area contributed by atoms with Crippen LogP contribution in [0.2, 0.25) is 15.1 Å². The molecule has 0 radical (unpaired) electrons. The molecule has 45 heavy (non-hydrogen) atoms. The van der Waals surface area contributed by atoms with E-state index in [9.17, 15) is 31.2 Å². The lowest BCUT2D eigenvalue weighted by molar-refractivity contribution is -0.139. The van der Waals surface area contributed by atoms with E-state index in [0.29, 0.717) is 21.0 Å². The lowest BCUT2D eigenvalue weighted by Crippen LogP contribution is -2.53. The largest absolute Gasteiger partial charge is 0.417 e. The molecule has 1 N–H and O–H groups in total. The van der Waals surface area contributed by atoms with Gasteiger partial charge in [-0.15, -0.1) is 0 Å². The number of nitrogens with one attached hydrogen (secondary N) is 1. The van der Waals surface area contributed by atoms with Gasteiger partial charge in [0.1, 0.15) is 12.6 Å². The summed E-state index contributed by atoms with van der Waals surface area (Å²) in [6.07, 6.45) is -0.352. The van der Waals surface area contributed by atoms with E-state index in [1.165, 1.54) is 37.3 Å². The number of hydrogen-bond acceptors (Lipinski definition) is 4. The fraction of sp³-hybridized carbons (Fsp3) is 0.355. The molecule has 4 rings (SSSR count). The van der Waals surface area contributed by atoms with Crippen LogP contribution in [0.4, 0.5) is 18.9 Å². The van der Waals surface area contributed by atoms with Crippen molar-refractivity contribution in [2.24, 2.45) is 0 Å². The van der Waals surface area contributed by atoms with Crippen LogP contribution < -0.4 is 9.62 Å². The summed E-state index contributed by atoms with van der Waals surface area (Å²) in [4.78, 5) is 28.4.